The summed E-state index contributed by atoms with van der Waals surface area (Å²) in [5.41, 5.74) is 3.02. The number of aliphatic carboxylic acids is 1. The van der Waals surface area contributed by atoms with E-state index in [1.54, 1.807) is 30.7 Å². The number of β-amino-alcohol motifs (C(OH)–C–C–N with tert-alkyl or cyclic N) is 1. The quantitative estimate of drug-likeness (QED) is 0.117. The van der Waals surface area contributed by atoms with Crippen molar-refractivity contribution in [2.75, 3.05) is 52.7 Å². The summed E-state index contributed by atoms with van der Waals surface area (Å²) in [4.78, 5) is 69.7. The Morgan fingerprint density at radius 3 is 2.19 bits per heavy atom. The average molecular weight is 762 g/mol. The number of hydrogen-bond donors (Lipinski definition) is 5. The van der Waals surface area contributed by atoms with Crippen LogP contribution in [0.15, 0.2) is 29.8 Å². The van der Waals surface area contributed by atoms with Crippen LogP contribution in [0.25, 0.3) is 10.4 Å². The molecule has 53 heavy (non-hydrogen) atoms. The van der Waals surface area contributed by atoms with Gasteiger partial charge in [0, 0.05) is 32.5 Å². The van der Waals surface area contributed by atoms with Gasteiger partial charge in [0.2, 0.25) is 23.6 Å². The Bertz CT molecular complexity index is 1520. The molecule has 5 N–H and O–H groups in total. The highest BCUT2D eigenvalue weighted by molar-refractivity contribution is 7.13. The Hall–Kier alpha value is -3.96. The number of carbonyl (C=O) groups excluding carboxylic acids is 4. The van der Waals surface area contributed by atoms with Gasteiger partial charge < -0.3 is 45.3 Å². The van der Waals surface area contributed by atoms with Crippen LogP contribution in [0, 0.1) is 17.8 Å². The van der Waals surface area contributed by atoms with E-state index in [-0.39, 0.29) is 83.8 Å². The molecule has 1 aliphatic rings. The number of aliphatic hydroxyl groups is 1. The molecule has 1 aliphatic heterocycles. The van der Waals surface area contributed by atoms with Gasteiger partial charge >= 0.3 is 5.97 Å². The van der Waals surface area contributed by atoms with Crippen molar-refractivity contribution in [1.29, 1.82) is 0 Å². The normalized spacial score (nSPS) is 16.6. The number of hydrogen-bond acceptors (Lipinski definition) is 11. The minimum absolute atomic E-state index is 0.0262. The summed E-state index contributed by atoms with van der Waals surface area (Å²) in [6.07, 6.45) is -0.441. The van der Waals surface area contributed by atoms with Crippen molar-refractivity contribution >= 4 is 40.9 Å². The molecule has 16 heteroatoms. The van der Waals surface area contributed by atoms with E-state index in [2.05, 4.69) is 20.9 Å². The van der Waals surface area contributed by atoms with Crippen molar-refractivity contribution < 1.29 is 48.4 Å². The smallest absolute Gasteiger partial charge is 0.309 e. The first-order valence-electron chi connectivity index (χ1n) is 17.8. The van der Waals surface area contributed by atoms with Gasteiger partial charge in [-0.15, -0.1) is 11.3 Å². The molecule has 0 bridgehead atoms. The van der Waals surface area contributed by atoms with Gasteiger partial charge in [-0.3, -0.25) is 24.0 Å². The lowest BCUT2D eigenvalue weighted by Gasteiger charge is -2.35. The Morgan fingerprint density at radius 1 is 0.943 bits per heavy atom. The van der Waals surface area contributed by atoms with Crippen molar-refractivity contribution in [3.8, 4) is 10.4 Å². The number of likely N-dealkylation sites (tertiary alicyclic amines) is 1. The summed E-state index contributed by atoms with van der Waals surface area (Å²) in [5.74, 6) is -2.54. The number of carboxylic acid groups (broad SMARTS) is 1. The maximum atomic E-state index is 13.8. The first kappa shape index (κ1) is 43.4. The van der Waals surface area contributed by atoms with Crippen LogP contribution < -0.4 is 16.0 Å². The number of nitrogens with zero attached hydrogens (tertiary/aromatic N) is 2. The Labute approximate surface area is 315 Å². The number of thiazole rings is 1. The highest BCUT2D eigenvalue weighted by Gasteiger charge is 2.44. The standard InChI is InChI=1S/C37H55N5O10S/c1-24-31(53-23-40-24)26-9-7-25(8-10-26)20-39-33(46)28-19-27(43)21-42(28)34(47)32(36(2,3)4)41-30(45)22-52-18-17-51-16-15-50-14-13-38-29(44)11-12-37(5,6)35(48)49/h7-10,23,27-28,32,43H,11-22H2,1-6H3,(H,38,44)(H,39,46)(H,41,45)(H,48,49)/t27-,28+,32-/m1/s1. The first-order valence-corrected chi connectivity index (χ1v) is 18.7. The molecule has 3 rings (SSSR count). The molecule has 1 fully saturated rings. The third kappa shape index (κ3) is 14.1. The fraction of sp³-hybridized carbons (Fsp3) is 0.622. The summed E-state index contributed by atoms with van der Waals surface area (Å²) in [6, 6.07) is 5.95. The first-order chi connectivity index (χ1) is 25.0. The number of aromatic nitrogens is 1. The molecule has 0 saturated carbocycles. The van der Waals surface area contributed by atoms with Crippen molar-refractivity contribution in [3.05, 3.63) is 41.0 Å². The van der Waals surface area contributed by atoms with Gasteiger partial charge in [0.1, 0.15) is 18.7 Å². The summed E-state index contributed by atoms with van der Waals surface area (Å²) < 4.78 is 16.3. The molecule has 1 aromatic carbocycles. The monoisotopic (exact) mass is 761 g/mol. The Balaban J connectivity index is 1.35. The number of nitrogens with one attached hydrogen (secondary N) is 3. The van der Waals surface area contributed by atoms with Crippen molar-refractivity contribution in [1.82, 2.24) is 25.8 Å². The van der Waals surface area contributed by atoms with Crippen LogP contribution in [-0.2, 0) is 44.7 Å². The second kappa shape index (κ2) is 20.5. The summed E-state index contributed by atoms with van der Waals surface area (Å²) >= 11 is 1.56. The van der Waals surface area contributed by atoms with Crippen LogP contribution in [0.1, 0.15) is 65.1 Å². The third-order valence-corrected chi connectivity index (χ3v) is 9.79. The molecule has 0 aliphatic carbocycles. The lowest BCUT2D eigenvalue weighted by molar-refractivity contribution is -0.147. The van der Waals surface area contributed by atoms with Gasteiger partial charge in [0.15, 0.2) is 0 Å². The van der Waals surface area contributed by atoms with Crippen molar-refractivity contribution in [2.45, 2.75) is 85.5 Å². The highest BCUT2D eigenvalue weighted by Crippen LogP contribution is 2.28. The minimum Gasteiger partial charge on any atom is -0.481 e. The number of aliphatic hydroxyl groups excluding tert-OH is 1. The van der Waals surface area contributed by atoms with Gasteiger partial charge in [0.05, 0.1) is 60.6 Å². The Kier molecular flexibility index (Phi) is 16.8. The number of carboxylic acids is 1. The van der Waals surface area contributed by atoms with Crippen LogP contribution in [0.2, 0.25) is 0 Å². The van der Waals surface area contributed by atoms with E-state index < -0.39 is 46.8 Å². The fourth-order valence-electron chi connectivity index (χ4n) is 5.47. The van der Waals surface area contributed by atoms with Crippen LogP contribution in [0.3, 0.4) is 0 Å². The van der Waals surface area contributed by atoms with Crippen molar-refractivity contribution in [2.24, 2.45) is 10.8 Å². The second-order valence-corrected chi connectivity index (χ2v) is 15.6. The topological polar surface area (TPSA) is 206 Å². The van der Waals surface area contributed by atoms with Gasteiger partial charge in [-0.05, 0) is 43.7 Å². The molecular formula is C37H55N5O10S. The van der Waals surface area contributed by atoms with Gasteiger partial charge in [0.25, 0.3) is 0 Å². The number of benzene rings is 1. The predicted molar refractivity (Wildman–Crippen MR) is 198 cm³/mol. The molecule has 0 unspecified atom stereocenters. The number of amides is 4. The van der Waals surface area contributed by atoms with Gasteiger partial charge in [-0.2, -0.15) is 0 Å². The van der Waals surface area contributed by atoms with E-state index in [0.29, 0.717) is 6.54 Å². The third-order valence-electron chi connectivity index (χ3n) is 8.81. The van der Waals surface area contributed by atoms with Crippen molar-refractivity contribution in [3.63, 3.8) is 0 Å². The molecule has 0 radical (unpaired) electrons. The van der Waals surface area contributed by atoms with E-state index in [4.69, 9.17) is 19.3 Å². The molecule has 2 heterocycles. The molecule has 0 spiro atoms. The van der Waals surface area contributed by atoms with Crippen LogP contribution in [0.4, 0.5) is 0 Å². The van der Waals surface area contributed by atoms with Crippen LogP contribution in [0.5, 0.6) is 0 Å². The van der Waals surface area contributed by atoms with E-state index in [1.165, 1.54) is 4.90 Å². The zero-order valence-electron chi connectivity index (χ0n) is 31.6. The molecule has 1 aromatic heterocycles. The zero-order chi connectivity index (χ0) is 39.2. The van der Waals surface area contributed by atoms with Crippen LogP contribution in [-0.4, -0.2) is 121 Å². The molecule has 4 amide bonds. The largest absolute Gasteiger partial charge is 0.481 e. The maximum Gasteiger partial charge on any atom is 0.309 e. The van der Waals surface area contributed by atoms with E-state index in [1.807, 2.05) is 52.0 Å². The second-order valence-electron chi connectivity index (χ2n) is 14.8. The minimum atomic E-state index is -0.975. The molecule has 294 valence electrons. The summed E-state index contributed by atoms with van der Waals surface area (Å²) in [7, 11) is 0. The molecule has 2 aromatic rings. The maximum absolute atomic E-state index is 13.8. The lowest BCUT2D eigenvalue weighted by Crippen LogP contribution is -2.58. The van der Waals surface area contributed by atoms with Gasteiger partial charge in [-0.1, -0.05) is 45.0 Å². The fourth-order valence-corrected chi connectivity index (χ4v) is 6.28. The SMILES string of the molecule is Cc1ncsc1-c1ccc(CNC(=O)[C@@H]2C[C@@H](O)CN2C(=O)[C@@H](NC(=O)COCCOCCOCCNC(=O)CCC(C)(C)C(=O)O)C(C)(C)C)cc1. The van der Waals surface area contributed by atoms with E-state index in [0.717, 1.165) is 21.7 Å². The predicted octanol–water partition coefficient (Wildman–Crippen LogP) is 2.28. The summed E-state index contributed by atoms with van der Waals surface area (Å²) in [5, 5.41) is 27.9. The number of aryl methyl sites for hydroxylation is 1. The zero-order valence-corrected chi connectivity index (χ0v) is 32.4. The molecular weight excluding hydrogens is 706 g/mol. The summed E-state index contributed by atoms with van der Waals surface area (Å²) in [6.45, 7) is 11.9. The van der Waals surface area contributed by atoms with E-state index >= 15 is 0 Å². The number of carbonyl (C=O) groups is 5. The number of rotatable bonds is 21. The average Bonchev–Trinajstić information content (AvgIpc) is 3.72. The van der Waals surface area contributed by atoms with Gasteiger partial charge in [-0.25, -0.2) is 4.98 Å². The lowest BCUT2D eigenvalue weighted by atomic mass is 9.85. The van der Waals surface area contributed by atoms with E-state index in [9.17, 15) is 29.1 Å². The highest BCUT2D eigenvalue weighted by atomic mass is 32.1. The Morgan fingerprint density at radius 2 is 1.58 bits per heavy atom. The number of ether oxygens (including phenoxy) is 3. The molecule has 3 atom stereocenters. The molecule has 15 nitrogen and oxygen atoms in total. The van der Waals surface area contributed by atoms with Crippen LogP contribution >= 0.6 is 11.3 Å². The molecule has 1 saturated heterocycles.